The number of aromatic nitrogens is 1. The summed E-state index contributed by atoms with van der Waals surface area (Å²) in [5.74, 6) is 0.0653. The van der Waals surface area contributed by atoms with Crippen molar-refractivity contribution in [2.45, 2.75) is 32.6 Å². The van der Waals surface area contributed by atoms with E-state index < -0.39 is 0 Å². The van der Waals surface area contributed by atoms with Crippen molar-refractivity contribution in [1.82, 2.24) is 10.5 Å². The van der Waals surface area contributed by atoms with Crippen molar-refractivity contribution in [3.05, 3.63) is 42.2 Å². The summed E-state index contributed by atoms with van der Waals surface area (Å²) in [7, 11) is 0. The molecular formula is C16H20N2O2. The summed E-state index contributed by atoms with van der Waals surface area (Å²) in [4.78, 5) is 11.9. The van der Waals surface area contributed by atoms with E-state index in [2.05, 4.69) is 17.4 Å². The van der Waals surface area contributed by atoms with Gasteiger partial charge in [0.1, 0.15) is 5.69 Å². The molecule has 0 aliphatic heterocycles. The molecule has 0 radical (unpaired) electrons. The van der Waals surface area contributed by atoms with Gasteiger partial charge in [-0.25, -0.2) is 0 Å². The Morgan fingerprint density at radius 3 is 2.75 bits per heavy atom. The number of hydrogen-bond donors (Lipinski definition) is 1. The van der Waals surface area contributed by atoms with Crippen molar-refractivity contribution in [2.75, 3.05) is 6.54 Å². The predicted molar refractivity (Wildman–Crippen MR) is 78.4 cm³/mol. The van der Waals surface area contributed by atoms with Gasteiger partial charge < -0.3 is 9.84 Å². The van der Waals surface area contributed by atoms with Gasteiger partial charge in [-0.1, -0.05) is 61.7 Å². The van der Waals surface area contributed by atoms with Crippen LogP contribution in [0.3, 0.4) is 0 Å². The van der Waals surface area contributed by atoms with Gasteiger partial charge in [0.15, 0.2) is 0 Å². The van der Waals surface area contributed by atoms with Crippen LogP contribution >= 0.6 is 0 Å². The molecule has 0 aliphatic rings. The van der Waals surface area contributed by atoms with Crippen molar-refractivity contribution >= 4 is 5.91 Å². The van der Waals surface area contributed by atoms with E-state index in [-0.39, 0.29) is 11.7 Å². The van der Waals surface area contributed by atoms with E-state index in [0.717, 1.165) is 18.4 Å². The molecule has 1 aromatic carbocycles. The summed E-state index contributed by atoms with van der Waals surface area (Å²) < 4.78 is 5.10. The number of nitrogens with one attached hydrogen (secondary N) is 1. The Labute approximate surface area is 119 Å². The van der Waals surface area contributed by atoms with E-state index >= 15 is 0 Å². The number of benzene rings is 1. The summed E-state index contributed by atoms with van der Waals surface area (Å²) in [6, 6.07) is 11.3. The monoisotopic (exact) mass is 272 g/mol. The van der Waals surface area contributed by atoms with Crippen molar-refractivity contribution in [2.24, 2.45) is 0 Å². The molecule has 2 rings (SSSR count). The van der Waals surface area contributed by atoms with Gasteiger partial charge in [-0.15, -0.1) is 0 Å². The van der Waals surface area contributed by atoms with Crippen LogP contribution < -0.4 is 5.32 Å². The van der Waals surface area contributed by atoms with E-state index in [1.165, 1.54) is 12.8 Å². The largest absolute Gasteiger partial charge is 0.350 e. The number of carbonyl (C=O) groups excluding carboxylic acids is 1. The lowest BCUT2D eigenvalue weighted by Gasteiger charge is -2.01. The molecule has 1 N–H and O–H groups in total. The molecule has 1 amide bonds. The summed E-state index contributed by atoms with van der Waals surface area (Å²) in [5, 5.41) is 6.78. The third kappa shape index (κ3) is 3.95. The Kier molecular flexibility index (Phi) is 5.35. The smallest absolute Gasteiger partial charge is 0.289 e. The molecule has 106 valence electrons. The van der Waals surface area contributed by atoms with Crippen LogP contribution in [0.5, 0.6) is 0 Å². The summed E-state index contributed by atoms with van der Waals surface area (Å²) in [5.41, 5.74) is 1.62. The molecule has 0 aliphatic carbocycles. The van der Waals surface area contributed by atoms with Crippen molar-refractivity contribution in [1.29, 1.82) is 0 Å². The highest BCUT2D eigenvalue weighted by Crippen LogP contribution is 2.18. The van der Waals surface area contributed by atoms with Crippen LogP contribution in [0, 0.1) is 0 Å². The lowest BCUT2D eigenvalue weighted by atomic mass is 10.1. The average Bonchev–Trinajstić information content (AvgIpc) is 2.98. The zero-order chi connectivity index (χ0) is 14.2. The molecule has 0 saturated carbocycles. The Morgan fingerprint density at radius 1 is 1.20 bits per heavy atom. The summed E-state index contributed by atoms with van der Waals surface area (Å²) >= 11 is 0. The fourth-order valence-electron chi connectivity index (χ4n) is 1.97. The van der Waals surface area contributed by atoms with E-state index in [9.17, 15) is 4.79 Å². The second-order valence-electron chi connectivity index (χ2n) is 4.76. The highest BCUT2D eigenvalue weighted by Gasteiger charge is 2.13. The standard InChI is InChI=1S/C16H20N2O2/c1-2-3-4-8-11-17-16(19)15-12-14(18-20-15)13-9-6-5-7-10-13/h5-7,9-10,12H,2-4,8,11H2,1H3,(H,17,19). The molecule has 2 aromatic rings. The molecule has 4 heteroatoms. The molecular weight excluding hydrogens is 252 g/mol. The first kappa shape index (κ1) is 14.3. The van der Waals surface area contributed by atoms with Crippen LogP contribution in [0.15, 0.2) is 40.9 Å². The third-order valence-electron chi connectivity index (χ3n) is 3.12. The van der Waals surface area contributed by atoms with Crippen LogP contribution in [-0.4, -0.2) is 17.6 Å². The Hall–Kier alpha value is -2.10. The zero-order valence-electron chi connectivity index (χ0n) is 11.8. The van der Waals surface area contributed by atoms with Crippen molar-refractivity contribution in [3.63, 3.8) is 0 Å². The zero-order valence-corrected chi connectivity index (χ0v) is 11.8. The molecule has 4 nitrogen and oxygen atoms in total. The fourth-order valence-corrected chi connectivity index (χ4v) is 1.97. The van der Waals surface area contributed by atoms with Crippen LogP contribution in [-0.2, 0) is 0 Å². The Morgan fingerprint density at radius 2 is 2.00 bits per heavy atom. The van der Waals surface area contributed by atoms with E-state index in [1.54, 1.807) is 6.07 Å². The first-order chi connectivity index (χ1) is 9.81. The number of carbonyl (C=O) groups is 1. The first-order valence-electron chi connectivity index (χ1n) is 7.11. The maximum atomic E-state index is 11.9. The lowest BCUT2D eigenvalue weighted by molar-refractivity contribution is 0.0916. The lowest BCUT2D eigenvalue weighted by Crippen LogP contribution is -2.23. The molecule has 0 bridgehead atoms. The number of rotatable bonds is 7. The van der Waals surface area contributed by atoms with E-state index in [0.29, 0.717) is 12.2 Å². The fraction of sp³-hybridized carbons (Fsp3) is 0.375. The number of hydrogen-bond acceptors (Lipinski definition) is 3. The molecule has 0 fully saturated rings. The van der Waals surface area contributed by atoms with Gasteiger partial charge in [0.05, 0.1) is 0 Å². The van der Waals surface area contributed by atoms with Gasteiger partial charge in [0.2, 0.25) is 5.76 Å². The summed E-state index contributed by atoms with van der Waals surface area (Å²) in [6.45, 7) is 2.85. The van der Waals surface area contributed by atoms with Crippen molar-refractivity contribution < 1.29 is 9.32 Å². The van der Waals surface area contributed by atoms with Gasteiger partial charge in [-0.05, 0) is 6.42 Å². The Balaban J connectivity index is 1.87. The predicted octanol–water partition coefficient (Wildman–Crippen LogP) is 3.65. The highest BCUT2D eigenvalue weighted by atomic mass is 16.5. The maximum Gasteiger partial charge on any atom is 0.289 e. The first-order valence-corrected chi connectivity index (χ1v) is 7.11. The normalized spacial score (nSPS) is 10.4. The second kappa shape index (κ2) is 7.48. The molecule has 0 atom stereocenters. The molecule has 0 spiro atoms. The molecule has 20 heavy (non-hydrogen) atoms. The van der Waals surface area contributed by atoms with Crippen LogP contribution in [0.4, 0.5) is 0 Å². The van der Waals surface area contributed by atoms with E-state index in [1.807, 2.05) is 30.3 Å². The topological polar surface area (TPSA) is 55.1 Å². The van der Waals surface area contributed by atoms with Gasteiger partial charge in [0.25, 0.3) is 5.91 Å². The van der Waals surface area contributed by atoms with Gasteiger partial charge in [0, 0.05) is 18.2 Å². The number of amides is 1. The maximum absolute atomic E-state index is 11.9. The van der Waals surface area contributed by atoms with Crippen LogP contribution in [0.1, 0.15) is 43.2 Å². The van der Waals surface area contributed by atoms with Crippen molar-refractivity contribution in [3.8, 4) is 11.3 Å². The van der Waals surface area contributed by atoms with Gasteiger partial charge in [-0.3, -0.25) is 4.79 Å². The minimum Gasteiger partial charge on any atom is -0.350 e. The molecule has 0 saturated heterocycles. The van der Waals surface area contributed by atoms with Crippen LogP contribution in [0.2, 0.25) is 0 Å². The minimum absolute atomic E-state index is 0.198. The van der Waals surface area contributed by atoms with Gasteiger partial charge in [-0.2, -0.15) is 0 Å². The minimum atomic E-state index is -0.198. The third-order valence-corrected chi connectivity index (χ3v) is 3.12. The quantitative estimate of drug-likeness (QED) is 0.783. The molecule has 0 unspecified atom stereocenters. The SMILES string of the molecule is CCCCCCNC(=O)c1cc(-c2ccccc2)no1. The average molecular weight is 272 g/mol. The highest BCUT2D eigenvalue weighted by molar-refractivity contribution is 5.92. The van der Waals surface area contributed by atoms with Gasteiger partial charge >= 0.3 is 0 Å². The second-order valence-corrected chi connectivity index (χ2v) is 4.76. The summed E-state index contributed by atoms with van der Waals surface area (Å²) in [6.07, 6.45) is 4.54. The Bertz CT molecular complexity index is 534. The van der Waals surface area contributed by atoms with E-state index in [4.69, 9.17) is 4.52 Å². The molecule has 1 heterocycles. The van der Waals surface area contributed by atoms with Crippen LogP contribution in [0.25, 0.3) is 11.3 Å². The number of unbranched alkanes of at least 4 members (excludes halogenated alkanes) is 3. The molecule has 1 aromatic heterocycles. The number of nitrogens with zero attached hydrogens (tertiary/aromatic N) is 1.